The number of anilines is 1. The summed E-state index contributed by atoms with van der Waals surface area (Å²) in [6.45, 7) is 8.57. The number of rotatable bonds is 2. The molecule has 5 heteroatoms. The van der Waals surface area contributed by atoms with Crippen LogP contribution in [0.5, 0.6) is 5.75 Å². The Labute approximate surface area is 131 Å². The molecule has 22 heavy (non-hydrogen) atoms. The number of quaternary nitrogens is 1. The molecule has 3 aliphatic heterocycles. The standard InChI is InChI=1S/C17H25N3O2/c1-16(2)9-12-7-13(19-21)14(8-15(12)22-16)20-5-3-17(4-6-20)10-18-11-17/h7-8,18H,3-6,9-11,19H2,1-2H3. The Hall–Kier alpha value is -1.30. The summed E-state index contributed by atoms with van der Waals surface area (Å²) in [5, 5.41) is 14.9. The van der Waals surface area contributed by atoms with Crippen LogP contribution in [0, 0.1) is 10.6 Å². The van der Waals surface area contributed by atoms with Crippen molar-refractivity contribution in [2.45, 2.75) is 38.7 Å². The number of fused-ring (bicyclic) bond motifs is 1. The smallest absolute Gasteiger partial charge is 0.153 e. The van der Waals surface area contributed by atoms with Crippen molar-refractivity contribution in [2.24, 2.45) is 5.41 Å². The summed E-state index contributed by atoms with van der Waals surface area (Å²) in [6.07, 6.45) is 3.29. The van der Waals surface area contributed by atoms with Gasteiger partial charge in [0, 0.05) is 50.3 Å². The molecular weight excluding hydrogens is 278 g/mol. The first-order valence-corrected chi connectivity index (χ1v) is 8.27. The summed E-state index contributed by atoms with van der Waals surface area (Å²) < 4.78 is 6.05. The second-order valence-electron chi connectivity index (χ2n) is 7.77. The van der Waals surface area contributed by atoms with Gasteiger partial charge in [0.1, 0.15) is 17.0 Å². The van der Waals surface area contributed by atoms with Gasteiger partial charge in [-0.25, -0.2) is 0 Å². The highest BCUT2D eigenvalue weighted by atomic mass is 16.5. The van der Waals surface area contributed by atoms with Crippen LogP contribution in [-0.2, 0) is 6.42 Å². The molecule has 2 saturated heterocycles. The van der Waals surface area contributed by atoms with Gasteiger partial charge in [-0.2, -0.15) is 0 Å². The number of hydrogen-bond acceptors (Lipinski definition) is 4. The molecule has 0 atom stereocenters. The lowest BCUT2D eigenvalue weighted by Gasteiger charge is -2.49. The van der Waals surface area contributed by atoms with Gasteiger partial charge in [0.05, 0.1) is 0 Å². The van der Waals surface area contributed by atoms with Gasteiger partial charge in [-0.3, -0.25) is 0 Å². The van der Waals surface area contributed by atoms with E-state index in [2.05, 4.69) is 30.1 Å². The van der Waals surface area contributed by atoms with Gasteiger partial charge in [-0.15, -0.1) is 0 Å². The SMILES string of the molecule is CC1(C)Cc2cc([NH2+][O-])c(N3CCC4(CC3)CNC4)cc2O1. The molecule has 4 rings (SSSR count). The fourth-order valence-corrected chi connectivity index (χ4v) is 4.08. The molecule has 0 aliphatic carbocycles. The average Bonchev–Trinajstić information content (AvgIpc) is 2.77. The van der Waals surface area contributed by atoms with E-state index in [4.69, 9.17) is 4.74 Å². The summed E-state index contributed by atoms with van der Waals surface area (Å²) in [7, 11) is 0. The zero-order valence-electron chi connectivity index (χ0n) is 13.4. The highest BCUT2D eigenvalue weighted by Gasteiger charge is 2.40. The number of hydrogen-bond donors (Lipinski definition) is 2. The van der Waals surface area contributed by atoms with Crippen molar-refractivity contribution in [1.29, 1.82) is 0 Å². The van der Waals surface area contributed by atoms with E-state index in [1.807, 2.05) is 6.07 Å². The minimum absolute atomic E-state index is 0.162. The number of benzene rings is 1. The Kier molecular flexibility index (Phi) is 3.15. The molecule has 1 spiro atoms. The lowest BCUT2D eigenvalue weighted by molar-refractivity contribution is -0.496. The molecule has 0 aromatic heterocycles. The largest absolute Gasteiger partial charge is 0.630 e. The molecule has 0 saturated carbocycles. The Balaban J connectivity index is 1.59. The first kappa shape index (κ1) is 14.3. The fraction of sp³-hybridized carbons (Fsp3) is 0.647. The maximum Gasteiger partial charge on any atom is 0.153 e. The maximum absolute atomic E-state index is 11.5. The minimum Gasteiger partial charge on any atom is -0.630 e. The van der Waals surface area contributed by atoms with E-state index >= 15 is 0 Å². The number of nitrogens with one attached hydrogen (secondary N) is 1. The van der Waals surface area contributed by atoms with Crippen LogP contribution < -0.4 is 20.4 Å². The fourth-order valence-electron chi connectivity index (χ4n) is 4.08. The molecular formula is C17H25N3O2. The second kappa shape index (κ2) is 4.85. The summed E-state index contributed by atoms with van der Waals surface area (Å²) in [6, 6.07) is 4.12. The number of piperidine rings is 1. The van der Waals surface area contributed by atoms with Gasteiger partial charge in [0.2, 0.25) is 0 Å². The van der Waals surface area contributed by atoms with Gasteiger partial charge >= 0.3 is 0 Å². The molecule has 1 aromatic rings. The van der Waals surface area contributed by atoms with Crippen LogP contribution in [0.1, 0.15) is 32.3 Å². The lowest BCUT2D eigenvalue weighted by atomic mass is 9.73. The molecule has 3 N–H and O–H groups in total. The van der Waals surface area contributed by atoms with E-state index in [0.29, 0.717) is 5.41 Å². The van der Waals surface area contributed by atoms with Crippen LogP contribution in [0.2, 0.25) is 0 Å². The normalized spacial score (nSPS) is 24.8. The molecule has 2 fully saturated rings. The van der Waals surface area contributed by atoms with Crippen LogP contribution in [0.3, 0.4) is 0 Å². The molecule has 0 unspecified atom stereocenters. The number of nitrogens with two attached hydrogens (primary N) is 1. The number of nitrogens with zero attached hydrogens (tertiary/aromatic N) is 1. The Bertz CT molecular complexity index is 586. The molecule has 5 nitrogen and oxygen atoms in total. The third-order valence-electron chi connectivity index (χ3n) is 5.50. The van der Waals surface area contributed by atoms with Crippen LogP contribution in [0.15, 0.2) is 12.1 Å². The second-order valence-corrected chi connectivity index (χ2v) is 7.77. The monoisotopic (exact) mass is 303 g/mol. The highest BCUT2D eigenvalue weighted by Crippen LogP contribution is 2.42. The van der Waals surface area contributed by atoms with Crippen LogP contribution in [0.4, 0.5) is 11.4 Å². The van der Waals surface area contributed by atoms with E-state index in [0.717, 1.165) is 60.8 Å². The zero-order chi connectivity index (χ0) is 15.4. The summed E-state index contributed by atoms with van der Waals surface area (Å²) >= 11 is 0. The Morgan fingerprint density at radius 2 is 1.95 bits per heavy atom. The molecule has 0 bridgehead atoms. The number of ether oxygens (including phenoxy) is 1. The van der Waals surface area contributed by atoms with Gasteiger partial charge in [0.25, 0.3) is 0 Å². The first-order chi connectivity index (χ1) is 10.5. The average molecular weight is 303 g/mol. The van der Waals surface area contributed by atoms with Crippen LogP contribution >= 0.6 is 0 Å². The maximum atomic E-state index is 11.5. The summed E-state index contributed by atoms with van der Waals surface area (Å²) in [5.74, 6) is 0.955. The van der Waals surface area contributed by atoms with E-state index in [9.17, 15) is 5.21 Å². The van der Waals surface area contributed by atoms with E-state index in [1.54, 1.807) is 0 Å². The molecule has 0 radical (unpaired) electrons. The van der Waals surface area contributed by atoms with E-state index in [1.165, 1.54) is 12.8 Å². The Morgan fingerprint density at radius 1 is 1.23 bits per heavy atom. The molecule has 0 amide bonds. The predicted octanol–water partition coefficient (Wildman–Crippen LogP) is 1.28. The van der Waals surface area contributed by atoms with Gasteiger partial charge < -0.3 is 25.6 Å². The Morgan fingerprint density at radius 3 is 2.55 bits per heavy atom. The van der Waals surface area contributed by atoms with Crippen LogP contribution in [-0.4, -0.2) is 31.8 Å². The van der Waals surface area contributed by atoms with Crippen molar-refractivity contribution in [2.75, 3.05) is 31.1 Å². The van der Waals surface area contributed by atoms with Gasteiger partial charge in [0.15, 0.2) is 5.69 Å². The van der Waals surface area contributed by atoms with Crippen molar-refractivity contribution in [3.05, 3.63) is 22.9 Å². The van der Waals surface area contributed by atoms with Crippen molar-refractivity contribution >= 4 is 11.4 Å². The molecule has 3 aliphatic rings. The third-order valence-corrected chi connectivity index (χ3v) is 5.50. The minimum atomic E-state index is -0.162. The molecule has 3 heterocycles. The van der Waals surface area contributed by atoms with Crippen molar-refractivity contribution < 1.29 is 10.2 Å². The van der Waals surface area contributed by atoms with Gasteiger partial charge in [-0.05, 0) is 32.1 Å². The zero-order valence-corrected chi connectivity index (χ0v) is 13.4. The summed E-state index contributed by atoms with van der Waals surface area (Å²) in [5.41, 5.74) is 4.37. The topological polar surface area (TPSA) is 64.2 Å². The summed E-state index contributed by atoms with van der Waals surface area (Å²) in [4.78, 5) is 2.36. The van der Waals surface area contributed by atoms with Crippen LogP contribution in [0.25, 0.3) is 0 Å². The van der Waals surface area contributed by atoms with Crippen molar-refractivity contribution in [3.8, 4) is 5.75 Å². The highest BCUT2D eigenvalue weighted by molar-refractivity contribution is 5.68. The van der Waals surface area contributed by atoms with E-state index in [-0.39, 0.29) is 5.60 Å². The predicted molar refractivity (Wildman–Crippen MR) is 86.6 cm³/mol. The third kappa shape index (κ3) is 2.28. The van der Waals surface area contributed by atoms with Crippen molar-refractivity contribution in [3.63, 3.8) is 0 Å². The quantitative estimate of drug-likeness (QED) is 0.638. The molecule has 120 valence electrons. The molecule has 1 aromatic carbocycles. The van der Waals surface area contributed by atoms with E-state index < -0.39 is 0 Å². The lowest BCUT2D eigenvalue weighted by Crippen LogP contribution is -2.70. The van der Waals surface area contributed by atoms with Gasteiger partial charge in [-0.1, -0.05) is 0 Å². The van der Waals surface area contributed by atoms with Crippen molar-refractivity contribution in [1.82, 2.24) is 5.32 Å². The first-order valence-electron chi connectivity index (χ1n) is 8.27.